The van der Waals surface area contributed by atoms with Gasteiger partial charge in [0.15, 0.2) is 0 Å². The number of hydrogen-bond donors (Lipinski definition) is 0. The topological polar surface area (TPSA) is 77.5 Å². The lowest BCUT2D eigenvalue weighted by atomic mass is 10.5. The van der Waals surface area contributed by atoms with E-state index < -0.39 is 46.1 Å². The number of nitrogens with zero attached hydrogens (tertiary/aromatic N) is 1. The number of ether oxygens (including phenoxy) is 1. The molecular formula is C8H14F6NO5S2+. The number of sulfone groups is 2. The first-order valence-electron chi connectivity index (χ1n) is 5.37. The number of rotatable bonds is 5. The van der Waals surface area contributed by atoms with Crippen LogP contribution < -0.4 is 0 Å². The Balaban J connectivity index is 7.21. The summed E-state index contributed by atoms with van der Waals surface area (Å²) in [6, 6.07) is 0. The summed E-state index contributed by atoms with van der Waals surface area (Å²) >= 11 is 0. The largest absolute Gasteiger partial charge is 0.507 e. The van der Waals surface area contributed by atoms with Gasteiger partial charge in [0.1, 0.15) is 0 Å². The second-order valence-electron chi connectivity index (χ2n) is 4.63. The quantitative estimate of drug-likeness (QED) is 0.406. The fourth-order valence-electron chi connectivity index (χ4n) is 1.75. The molecule has 0 atom stereocenters. The van der Waals surface area contributed by atoms with E-state index in [0.29, 0.717) is 14.1 Å². The van der Waals surface area contributed by atoms with Gasteiger partial charge >= 0.3 is 35.1 Å². The second-order valence-corrected chi connectivity index (χ2v) is 8.93. The number of quaternary nitrogens is 1. The summed E-state index contributed by atoms with van der Waals surface area (Å²) in [7, 11) is -12.6. The summed E-state index contributed by atoms with van der Waals surface area (Å²) in [5.41, 5.74) is -12.6. The Labute approximate surface area is 123 Å². The van der Waals surface area contributed by atoms with Crippen molar-refractivity contribution in [3.8, 4) is 0 Å². The van der Waals surface area contributed by atoms with Crippen LogP contribution >= 0.6 is 0 Å². The van der Waals surface area contributed by atoms with Crippen molar-refractivity contribution in [2.45, 2.75) is 22.3 Å². The van der Waals surface area contributed by atoms with Crippen LogP contribution in [-0.2, 0) is 24.4 Å². The molecule has 0 unspecified atom stereocenters. The minimum absolute atomic E-state index is 0.155. The predicted molar refractivity (Wildman–Crippen MR) is 62.3 cm³/mol. The van der Waals surface area contributed by atoms with Crippen LogP contribution in [0.1, 0.15) is 6.92 Å². The summed E-state index contributed by atoms with van der Waals surface area (Å²) in [5, 5.41) is 0. The van der Waals surface area contributed by atoms with E-state index in [1.165, 1.54) is 0 Å². The summed E-state index contributed by atoms with van der Waals surface area (Å²) in [6.45, 7) is 0.282. The van der Waals surface area contributed by atoms with Crippen LogP contribution in [0.5, 0.6) is 0 Å². The molecule has 0 aromatic heterocycles. The van der Waals surface area contributed by atoms with Crippen molar-refractivity contribution in [3.63, 3.8) is 0 Å². The van der Waals surface area contributed by atoms with Gasteiger partial charge in [0.05, 0.1) is 20.6 Å². The van der Waals surface area contributed by atoms with Gasteiger partial charge in [-0.15, -0.1) is 0 Å². The molecule has 0 heterocycles. The van der Waals surface area contributed by atoms with Crippen LogP contribution in [0.25, 0.3) is 0 Å². The molecule has 0 amide bonds. The van der Waals surface area contributed by atoms with E-state index in [1.54, 1.807) is 0 Å². The second kappa shape index (κ2) is 5.49. The first-order valence-corrected chi connectivity index (χ1v) is 8.34. The molecule has 0 rings (SSSR count). The molecule has 0 spiro atoms. The van der Waals surface area contributed by atoms with Crippen LogP contribution in [0, 0.1) is 0 Å². The van der Waals surface area contributed by atoms with Crippen LogP contribution in [0.4, 0.5) is 26.3 Å². The van der Waals surface area contributed by atoms with Gasteiger partial charge in [0.2, 0.25) is 0 Å². The van der Waals surface area contributed by atoms with Crippen LogP contribution in [0.15, 0.2) is 0 Å². The van der Waals surface area contributed by atoms with Crippen molar-refractivity contribution in [2.24, 2.45) is 0 Å². The van der Waals surface area contributed by atoms with Crippen LogP contribution in [0.2, 0.25) is 0 Å². The van der Waals surface area contributed by atoms with Gasteiger partial charge in [-0.05, 0) is 6.92 Å². The zero-order valence-corrected chi connectivity index (χ0v) is 13.4. The Morgan fingerprint density at radius 3 is 1.27 bits per heavy atom. The molecule has 0 aromatic rings. The van der Waals surface area contributed by atoms with E-state index in [0.717, 1.165) is 6.92 Å². The molecule has 0 radical (unpaired) electrons. The fraction of sp³-hybridized carbons (Fsp3) is 1.00. The normalized spacial score (nSPS) is 15.9. The highest BCUT2D eigenvalue weighted by Crippen LogP contribution is 2.47. The van der Waals surface area contributed by atoms with E-state index in [4.69, 9.17) is 0 Å². The Hall–Kier alpha value is -0.600. The maximum absolute atomic E-state index is 12.8. The van der Waals surface area contributed by atoms with Gasteiger partial charge in [0.25, 0.3) is 0 Å². The minimum atomic E-state index is -6.92. The van der Waals surface area contributed by atoms with Crippen molar-refractivity contribution >= 4 is 19.7 Å². The smallest absolute Gasteiger partial charge is 0.304 e. The van der Waals surface area contributed by atoms with Gasteiger partial charge in [-0.25, -0.2) is 16.8 Å². The van der Waals surface area contributed by atoms with E-state index >= 15 is 0 Å². The SMILES string of the molecule is CC[N+](C)(C)C(OC)(S(=O)(=O)C(F)(F)F)S(=O)(=O)C(F)(F)F. The Bertz CT molecular complexity index is 574. The standard InChI is InChI=1S/C8H14F6NO5S2/c1-5-15(2,3)8(20-4,21(16,17)6(9,10)11)22(18,19)7(12,13)14/h5H2,1-4H3/q+1. The number of methoxy groups -OCH3 is 1. The molecule has 0 saturated carbocycles. The fourth-order valence-corrected chi connectivity index (χ4v) is 6.05. The average molecular weight is 382 g/mol. The number of hydrogen-bond acceptors (Lipinski definition) is 5. The third kappa shape index (κ3) is 2.59. The monoisotopic (exact) mass is 382 g/mol. The van der Waals surface area contributed by atoms with Gasteiger partial charge in [-0.1, -0.05) is 0 Å². The molecule has 0 N–H and O–H groups in total. The predicted octanol–water partition coefficient (Wildman–Crippen LogP) is 1.21. The molecule has 6 nitrogen and oxygen atoms in total. The molecule has 0 fully saturated rings. The average Bonchev–Trinajstić information content (AvgIpc) is 2.26. The van der Waals surface area contributed by atoms with E-state index in [1.807, 2.05) is 0 Å². The summed E-state index contributed by atoms with van der Waals surface area (Å²) in [4.78, 5) is 0. The van der Waals surface area contributed by atoms with E-state index in [2.05, 4.69) is 4.74 Å². The van der Waals surface area contributed by atoms with Crippen molar-refractivity contribution in [1.29, 1.82) is 0 Å². The van der Waals surface area contributed by atoms with Crippen molar-refractivity contribution in [2.75, 3.05) is 27.7 Å². The first-order chi connectivity index (χ1) is 9.37. The zero-order chi connectivity index (χ0) is 18.4. The van der Waals surface area contributed by atoms with Crippen molar-refractivity contribution in [1.82, 2.24) is 0 Å². The third-order valence-electron chi connectivity index (χ3n) is 3.08. The molecule has 0 aromatic carbocycles. The lowest BCUT2D eigenvalue weighted by molar-refractivity contribution is -0.931. The maximum Gasteiger partial charge on any atom is 0.507 e. The first kappa shape index (κ1) is 21.4. The molecule has 0 aliphatic heterocycles. The highest BCUT2D eigenvalue weighted by molar-refractivity contribution is 8.10. The maximum atomic E-state index is 12.8. The van der Waals surface area contributed by atoms with Crippen molar-refractivity contribution in [3.05, 3.63) is 0 Å². The molecule has 0 bridgehead atoms. The Morgan fingerprint density at radius 2 is 1.14 bits per heavy atom. The highest BCUT2D eigenvalue weighted by Gasteiger charge is 2.81. The van der Waals surface area contributed by atoms with Gasteiger partial charge in [0, 0.05) is 7.11 Å². The zero-order valence-electron chi connectivity index (χ0n) is 11.8. The van der Waals surface area contributed by atoms with Crippen LogP contribution in [0.3, 0.4) is 0 Å². The van der Waals surface area contributed by atoms with E-state index in [9.17, 15) is 43.2 Å². The molecule has 0 aliphatic rings. The molecular weight excluding hydrogens is 368 g/mol. The lowest BCUT2D eigenvalue weighted by Crippen LogP contribution is -2.73. The molecule has 22 heavy (non-hydrogen) atoms. The molecule has 14 heteroatoms. The number of alkyl halides is 6. The Morgan fingerprint density at radius 1 is 0.864 bits per heavy atom. The van der Waals surface area contributed by atoms with Gasteiger partial charge in [-0.2, -0.15) is 26.3 Å². The summed E-state index contributed by atoms with van der Waals surface area (Å²) in [6.07, 6.45) is 0. The highest BCUT2D eigenvalue weighted by atomic mass is 32.3. The summed E-state index contributed by atoms with van der Waals surface area (Å²) in [5.74, 6) is 0. The van der Waals surface area contributed by atoms with Crippen LogP contribution in [-0.4, -0.2) is 64.5 Å². The molecule has 134 valence electrons. The number of halogens is 6. The summed E-state index contributed by atoms with van der Waals surface area (Å²) < 4.78 is 121. The van der Waals surface area contributed by atoms with Crippen molar-refractivity contribution < 1.29 is 52.4 Å². The molecule has 0 aliphatic carbocycles. The molecule has 0 saturated heterocycles. The third-order valence-corrected chi connectivity index (χ3v) is 8.29. The van der Waals surface area contributed by atoms with Gasteiger partial charge in [-0.3, -0.25) is 4.48 Å². The van der Waals surface area contributed by atoms with Gasteiger partial charge < -0.3 is 4.74 Å². The lowest BCUT2D eigenvalue weighted by Gasteiger charge is -2.44. The Kier molecular flexibility index (Phi) is 5.34. The van der Waals surface area contributed by atoms with E-state index in [-0.39, 0.29) is 7.11 Å². The minimum Gasteiger partial charge on any atom is -0.304 e.